The van der Waals surface area contributed by atoms with Crippen LogP contribution in [0.3, 0.4) is 0 Å². The van der Waals surface area contributed by atoms with Crippen molar-refractivity contribution in [1.82, 2.24) is 14.1 Å². The normalized spacial score (nSPS) is 16.1. The van der Waals surface area contributed by atoms with E-state index in [0.717, 1.165) is 5.69 Å². The number of carbonyl (C=O) groups excluding carboxylic acids is 1. The fourth-order valence-electron chi connectivity index (χ4n) is 3.81. The Hall–Kier alpha value is -2.59. The van der Waals surface area contributed by atoms with Crippen LogP contribution in [0.5, 0.6) is 11.5 Å². The number of nitrogens with one attached hydrogen (secondary N) is 1. The molecule has 0 spiro atoms. The Bertz CT molecular complexity index is 1080. The molecule has 1 aromatic carbocycles. The van der Waals surface area contributed by atoms with Gasteiger partial charge in [-0.05, 0) is 52.7 Å². The number of aryl methyl sites for hydroxylation is 1. The topological polar surface area (TPSA) is 103 Å². The molecule has 10 heteroatoms. The third-order valence-corrected chi connectivity index (χ3v) is 7.43. The van der Waals surface area contributed by atoms with Crippen LogP contribution in [0.4, 0.5) is 5.82 Å². The van der Waals surface area contributed by atoms with Gasteiger partial charge < -0.3 is 14.8 Å². The number of sulfonamides is 1. The minimum absolute atomic E-state index is 0.112. The first-order valence-corrected chi connectivity index (χ1v) is 12.0. The molecule has 1 N–H and O–H groups in total. The van der Waals surface area contributed by atoms with Crippen molar-refractivity contribution >= 4 is 21.7 Å². The van der Waals surface area contributed by atoms with Gasteiger partial charge in [0.1, 0.15) is 5.82 Å². The predicted octanol–water partition coefficient (Wildman–Crippen LogP) is 3.00. The molecule has 1 fully saturated rings. The van der Waals surface area contributed by atoms with Crippen LogP contribution in [-0.2, 0) is 20.4 Å². The number of benzene rings is 1. The van der Waals surface area contributed by atoms with Crippen LogP contribution in [0.2, 0.25) is 0 Å². The van der Waals surface area contributed by atoms with E-state index in [9.17, 15) is 13.2 Å². The fraction of sp³-hybridized carbons (Fsp3) is 0.545. The van der Waals surface area contributed by atoms with Crippen molar-refractivity contribution in [3.63, 3.8) is 0 Å². The summed E-state index contributed by atoms with van der Waals surface area (Å²) in [5.41, 5.74) is 0.555. The highest BCUT2D eigenvalue weighted by atomic mass is 32.2. The molecular weight excluding hydrogens is 432 g/mol. The van der Waals surface area contributed by atoms with Crippen molar-refractivity contribution < 1.29 is 22.7 Å². The van der Waals surface area contributed by atoms with Crippen molar-refractivity contribution in [1.29, 1.82) is 0 Å². The molecule has 0 bridgehead atoms. The average molecular weight is 465 g/mol. The van der Waals surface area contributed by atoms with Gasteiger partial charge in [-0.3, -0.25) is 4.79 Å². The minimum Gasteiger partial charge on any atom is -0.493 e. The van der Waals surface area contributed by atoms with Crippen LogP contribution in [0.25, 0.3) is 0 Å². The molecule has 9 nitrogen and oxygen atoms in total. The molecule has 3 rings (SSSR count). The van der Waals surface area contributed by atoms with Gasteiger partial charge in [0.25, 0.3) is 0 Å². The summed E-state index contributed by atoms with van der Waals surface area (Å²) >= 11 is 0. The Morgan fingerprint density at radius 2 is 1.72 bits per heavy atom. The smallest absolute Gasteiger partial charge is 0.243 e. The SMILES string of the molecule is COc1ccc(S(=O)(=O)N2CCC(C(=O)Nc3cc(C)nn3C(C)(C)C)CC2)cc1OC. The number of amides is 1. The predicted molar refractivity (Wildman–Crippen MR) is 122 cm³/mol. The molecule has 2 heterocycles. The van der Waals surface area contributed by atoms with Gasteiger partial charge in [0.2, 0.25) is 15.9 Å². The number of methoxy groups -OCH3 is 2. The largest absolute Gasteiger partial charge is 0.493 e. The molecule has 1 aromatic heterocycles. The van der Waals surface area contributed by atoms with Crippen molar-refractivity contribution in [2.45, 2.75) is 51.0 Å². The third kappa shape index (κ3) is 4.91. The van der Waals surface area contributed by atoms with E-state index < -0.39 is 10.0 Å². The van der Waals surface area contributed by atoms with Crippen LogP contribution in [0.1, 0.15) is 39.3 Å². The molecule has 0 saturated carbocycles. The van der Waals surface area contributed by atoms with Crippen LogP contribution in [0.15, 0.2) is 29.2 Å². The maximum absolute atomic E-state index is 13.1. The van der Waals surface area contributed by atoms with Gasteiger partial charge in [-0.15, -0.1) is 0 Å². The number of hydrogen-bond acceptors (Lipinski definition) is 6. The molecule has 1 aliphatic heterocycles. The molecule has 0 unspecified atom stereocenters. The number of ether oxygens (including phenoxy) is 2. The van der Waals surface area contributed by atoms with Crippen molar-refractivity contribution in [3.8, 4) is 11.5 Å². The number of hydrogen-bond donors (Lipinski definition) is 1. The molecular formula is C22H32N4O5S. The van der Waals surface area contributed by atoms with E-state index in [1.54, 1.807) is 10.7 Å². The monoisotopic (exact) mass is 464 g/mol. The van der Waals surface area contributed by atoms with E-state index in [1.165, 1.54) is 30.7 Å². The summed E-state index contributed by atoms with van der Waals surface area (Å²) in [4.78, 5) is 13.0. The number of nitrogens with zero attached hydrogens (tertiary/aromatic N) is 3. The van der Waals surface area contributed by atoms with Gasteiger partial charge in [-0.2, -0.15) is 9.40 Å². The van der Waals surface area contributed by atoms with Gasteiger partial charge >= 0.3 is 0 Å². The van der Waals surface area contributed by atoms with Gasteiger partial charge in [0.05, 0.1) is 30.3 Å². The second kappa shape index (κ2) is 9.11. The summed E-state index contributed by atoms with van der Waals surface area (Å²) < 4.78 is 39.8. The average Bonchev–Trinajstić information content (AvgIpc) is 3.13. The molecule has 1 amide bonds. The zero-order valence-electron chi connectivity index (χ0n) is 19.5. The Morgan fingerprint density at radius 1 is 1.09 bits per heavy atom. The first-order valence-electron chi connectivity index (χ1n) is 10.6. The lowest BCUT2D eigenvalue weighted by Gasteiger charge is -2.31. The van der Waals surface area contributed by atoms with Crippen LogP contribution in [0, 0.1) is 12.8 Å². The number of anilines is 1. The first-order chi connectivity index (χ1) is 15.0. The van der Waals surface area contributed by atoms with E-state index in [2.05, 4.69) is 10.4 Å². The molecule has 2 aromatic rings. The first kappa shape index (κ1) is 24.1. The van der Waals surface area contributed by atoms with Crippen LogP contribution < -0.4 is 14.8 Å². The highest BCUT2D eigenvalue weighted by Crippen LogP contribution is 2.32. The van der Waals surface area contributed by atoms with Crippen molar-refractivity contribution in [3.05, 3.63) is 30.0 Å². The van der Waals surface area contributed by atoms with Crippen LogP contribution >= 0.6 is 0 Å². The zero-order valence-corrected chi connectivity index (χ0v) is 20.3. The Balaban J connectivity index is 1.68. The summed E-state index contributed by atoms with van der Waals surface area (Å²) in [7, 11) is -0.737. The number of rotatable bonds is 6. The zero-order chi connectivity index (χ0) is 23.7. The Labute approximate surface area is 189 Å². The molecule has 1 aliphatic rings. The maximum atomic E-state index is 13.1. The quantitative estimate of drug-likeness (QED) is 0.705. The van der Waals surface area contributed by atoms with E-state index in [1.807, 2.05) is 33.8 Å². The molecule has 0 aliphatic carbocycles. The second-order valence-electron chi connectivity index (χ2n) is 8.94. The minimum atomic E-state index is -3.70. The Kier molecular flexibility index (Phi) is 6.85. The van der Waals surface area contributed by atoms with Gasteiger partial charge in [0.15, 0.2) is 11.5 Å². The lowest BCUT2D eigenvalue weighted by atomic mass is 9.97. The van der Waals surface area contributed by atoms with E-state index >= 15 is 0 Å². The van der Waals surface area contributed by atoms with E-state index in [4.69, 9.17) is 9.47 Å². The van der Waals surface area contributed by atoms with Gasteiger partial charge in [-0.25, -0.2) is 13.1 Å². The molecule has 32 heavy (non-hydrogen) atoms. The molecule has 176 valence electrons. The summed E-state index contributed by atoms with van der Waals surface area (Å²) in [6, 6.07) is 6.39. The van der Waals surface area contributed by atoms with Crippen molar-refractivity contribution in [2.24, 2.45) is 5.92 Å². The Morgan fingerprint density at radius 3 is 2.28 bits per heavy atom. The number of carbonyl (C=O) groups is 1. The lowest BCUT2D eigenvalue weighted by Crippen LogP contribution is -2.41. The lowest BCUT2D eigenvalue weighted by molar-refractivity contribution is -0.121. The molecule has 1 saturated heterocycles. The highest BCUT2D eigenvalue weighted by Gasteiger charge is 2.33. The fourth-order valence-corrected chi connectivity index (χ4v) is 5.30. The van der Waals surface area contributed by atoms with E-state index in [0.29, 0.717) is 30.2 Å². The summed E-state index contributed by atoms with van der Waals surface area (Å²) in [5, 5.41) is 7.46. The van der Waals surface area contributed by atoms with Crippen LogP contribution in [-0.4, -0.2) is 55.7 Å². The summed E-state index contributed by atoms with van der Waals surface area (Å²) in [6.07, 6.45) is 0.891. The summed E-state index contributed by atoms with van der Waals surface area (Å²) in [5.74, 6) is 1.09. The van der Waals surface area contributed by atoms with Gasteiger partial charge in [0, 0.05) is 31.1 Å². The van der Waals surface area contributed by atoms with Crippen molar-refractivity contribution in [2.75, 3.05) is 32.6 Å². The van der Waals surface area contributed by atoms with Gasteiger partial charge in [-0.1, -0.05) is 0 Å². The second-order valence-corrected chi connectivity index (χ2v) is 10.9. The standard InChI is InChI=1S/C22H32N4O5S/c1-15-13-20(26(24-15)22(2,3)4)23-21(27)16-9-11-25(12-10-16)32(28,29)17-7-8-18(30-5)19(14-17)31-6/h7-8,13-14,16H,9-12H2,1-6H3,(H,23,27). The van der Waals surface area contributed by atoms with E-state index in [-0.39, 0.29) is 35.3 Å². The third-order valence-electron chi connectivity index (χ3n) is 5.54. The number of aromatic nitrogens is 2. The highest BCUT2D eigenvalue weighted by molar-refractivity contribution is 7.89. The molecule has 0 atom stereocenters. The number of piperidine rings is 1. The summed E-state index contributed by atoms with van der Waals surface area (Å²) in [6.45, 7) is 8.49. The molecule has 0 radical (unpaired) electrons. The maximum Gasteiger partial charge on any atom is 0.243 e.